The van der Waals surface area contributed by atoms with Gasteiger partial charge in [0.15, 0.2) is 12.2 Å². The Morgan fingerprint density at radius 1 is 1.07 bits per heavy atom. The molecule has 0 spiro atoms. The molecule has 3 heterocycles. The van der Waals surface area contributed by atoms with Crippen molar-refractivity contribution >= 4 is 23.0 Å². The molecule has 6 atom stereocenters. The van der Waals surface area contributed by atoms with E-state index in [1.54, 1.807) is 6.92 Å². The number of likely N-dealkylation sites (N-methyl/N-ethyl adjacent to an activating group) is 1. The summed E-state index contributed by atoms with van der Waals surface area (Å²) in [4.78, 5) is 32.4. The third kappa shape index (κ3) is 6.10. The first kappa shape index (κ1) is 29.9. The van der Waals surface area contributed by atoms with Crippen LogP contribution in [0.25, 0.3) is 11.2 Å². The van der Waals surface area contributed by atoms with Crippen LogP contribution in [-0.2, 0) is 9.53 Å². The molecule has 13 heteroatoms. The number of benzene rings is 2. The number of imidazole rings is 1. The lowest BCUT2D eigenvalue weighted by Gasteiger charge is -2.34. The fourth-order valence-corrected chi connectivity index (χ4v) is 5.84. The van der Waals surface area contributed by atoms with E-state index < -0.39 is 30.1 Å². The summed E-state index contributed by atoms with van der Waals surface area (Å²) in [5.41, 5.74) is 2.69. The summed E-state index contributed by atoms with van der Waals surface area (Å²) in [5.74, 6) is -2.53. The van der Waals surface area contributed by atoms with Crippen molar-refractivity contribution in [2.75, 3.05) is 18.4 Å². The third-order valence-corrected chi connectivity index (χ3v) is 8.12. The SMILES string of the molecule is CCNC(=O)[C@H]1O[C@@](NCC(c2ccccc2)c2ccccc2)(On2cnc3cnc(NC4CCC(O)C4)nc32)[C@H](O)[C@@H]1O. The maximum absolute atomic E-state index is 12.9. The topological polar surface area (TPSA) is 176 Å². The summed E-state index contributed by atoms with van der Waals surface area (Å²) in [6.45, 7) is 2.26. The van der Waals surface area contributed by atoms with E-state index in [1.807, 2.05) is 60.7 Å². The van der Waals surface area contributed by atoms with Crippen LogP contribution >= 0.6 is 0 Å². The van der Waals surface area contributed by atoms with Crippen molar-refractivity contribution in [1.82, 2.24) is 30.3 Å². The number of ether oxygens (including phenoxy) is 1. The number of fused-ring (bicyclic) bond motifs is 1. The zero-order chi connectivity index (χ0) is 30.7. The highest BCUT2D eigenvalue weighted by molar-refractivity contribution is 5.82. The minimum absolute atomic E-state index is 0.0219. The molecule has 1 amide bonds. The molecule has 0 radical (unpaired) electrons. The van der Waals surface area contributed by atoms with E-state index >= 15 is 0 Å². The lowest BCUT2D eigenvalue weighted by molar-refractivity contribution is -0.272. The van der Waals surface area contributed by atoms with Crippen molar-refractivity contribution in [3.63, 3.8) is 0 Å². The van der Waals surface area contributed by atoms with Crippen molar-refractivity contribution in [1.29, 1.82) is 0 Å². The van der Waals surface area contributed by atoms with Gasteiger partial charge in [0.2, 0.25) is 11.6 Å². The molecule has 4 aromatic rings. The van der Waals surface area contributed by atoms with Crippen LogP contribution in [0.1, 0.15) is 43.2 Å². The van der Waals surface area contributed by atoms with Gasteiger partial charge in [0.25, 0.3) is 5.91 Å². The second-order valence-electron chi connectivity index (χ2n) is 11.2. The van der Waals surface area contributed by atoms with E-state index in [4.69, 9.17) is 9.57 Å². The standard InChI is InChI=1S/C31H37N7O6/c1-2-32-29(42)26-25(40)27(41)31(43-26,35-16-23(19-9-5-3-6-10-19)20-11-7-4-8-12-20)44-38-18-34-24-17-33-30(37-28(24)38)36-21-13-14-22(39)15-21/h3-12,17-18,21-23,25-27,35,39-41H,2,13-16H2,1H3,(H,32,42)(H,33,36,37)/t21?,22?,25-,26+,27-,31-/m1/s1. The summed E-state index contributed by atoms with van der Waals surface area (Å²) in [6, 6.07) is 19.7. The van der Waals surface area contributed by atoms with E-state index in [9.17, 15) is 20.1 Å². The van der Waals surface area contributed by atoms with Gasteiger partial charge in [-0.05, 0) is 37.3 Å². The van der Waals surface area contributed by atoms with E-state index in [0.717, 1.165) is 17.5 Å². The number of hydrogen-bond donors (Lipinski definition) is 6. The average Bonchev–Trinajstić information content (AvgIpc) is 3.71. The number of aromatic nitrogens is 4. The van der Waals surface area contributed by atoms with Gasteiger partial charge in [-0.15, -0.1) is 4.73 Å². The van der Waals surface area contributed by atoms with Crippen molar-refractivity contribution in [2.45, 2.75) is 68.5 Å². The van der Waals surface area contributed by atoms with Gasteiger partial charge in [0, 0.05) is 25.0 Å². The highest BCUT2D eigenvalue weighted by Gasteiger charge is 2.60. The van der Waals surface area contributed by atoms with Gasteiger partial charge in [-0.2, -0.15) is 4.98 Å². The van der Waals surface area contributed by atoms with Gasteiger partial charge >= 0.3 is 5.91 Å². The number of carbonyl (C=O) groups excluding carboxylic acids is 1. The molecule has 2 unspecified atom stereocenters. The molecule has 2 aromatic carbocycles. The van der Waals surface area contributed by atoms with Crippen LogP contribution in [0.2, 0.25) is 0 Å². The molecule has 1 aliphatic heterocycles. The number of nitrogens with one attached hydrogen (secondary N) is 3. The molecule has 2 fully saturated rings. The Morgan fingerprint density at radius 3 is 2.41 bits per heavy atom. The first-order valence-electron chi connectivity index (χ1n) is 14.9. The minimum Gasteiger partial charge on any atom is -0.393 e. The largest absolute Gasteiger partial charge is 0.393 e. The highest BCUT2D eigenvalue weighted by atomic mass is 16.8. The van der Waals surface area contributed by atoms with E-state index in [2.05, 4.69) is 30.9 Å². The second kappa shape index (κ2) is 12.8. The van der Waals surface area contributed by atoms with Crippen molar-refractivity contribution < 1.29 is 29.7 Å². The van der Waals surface area contributed by atoms with E-state index in [0.29, 0.717) is 30.9 Å². The average molecular weight is 604 g/mol. The summed E-state index contributed by atoms with van der Waals surface area (Å²) in [5, 5.41) is 41.5. The first-order valence-corrected chi connectivity index (χ1v) is 14.9. The Balaban J connectivity index is 1.33. The quantitative estimate of drug-likeness (QED) is 0.134. The summed E-state index contributed by atoms with van der Waals surface area (Å²) < 4.78 is 7.33. The van der Waals surface area contributed by atoms with Crippen LogP contribution < -0.4 is 20.8 Å². The predicted molar refractivity (Wildman–Crippen MR) is 160 cm³/mol. The zero-order valence-corrected chi connectivity index (χ0v) is 24.3. The predicted octanol–water partition coefficient (Wildman–Crippen LogP) is 0.912. The number of carbonyl (C=O) groups is 1. The van der Waals surface area contributed by atoms with Gasteiger partial charge in [0.1, 0.15) is 17.9 Å². The fourth-order valence-electron chi connectivity index (χ4n) is 5.84. The lowest BCUT2D eigenvalue weighted by Crippen LogP contribution is -2.62. The molecule has 232 valence electrons. The molecule has 1 saturated carbocycles. The molecule has 13 nitrogen and oxygen atoms in total. The molecule has 1 aliphatic carbocycles. The number of rotatable bonds is 11. The van der Waals surface area contributed by atoms with E-state index in [1.165, 1.54) is 17.3 Å². The van der Waals surface area contributed by atoms with Gasteiger partial charge in [-0.25, -0.2) is 9.97 Å². The Morgan fingerprint density at radius 2 is 1.77 bits per heavy atom. The smallest absolute Gasteiger partial charge is 0.323 e. The van der Waals surface area contributed by atoms with Crippen LogP contribution in [0.5, 0.6) is 0 Å². The van der Waals surface area contributed by atoms with Crippen LogP contribution in [0.4, 0.5) is 5.95 Å². The Bertz CT molecular complexity index is 1520. The van der Waals surface area contributed by atoms with Gasteiger partial charge in [0.05, 0.1) is 12.3 Å². The highest BCUT2D eigenvalue weighted by Crippen LogP contribution is 2.32. The normalized spacial score (nSPS) is 26.7. The van der Waals surface area contributed by atoms with Crippen LogP contribution in [0, 0.1) is 0 Å². The molecule has 44 heavy (non-hydrogen) atoms. The molecule has 2 aromatic heterocycles. The van der Waals surface area contributed by atoms with Gasteiger partial charge < -0.3 is 35.5 Å². The molecule has 0 bridgehead atoms. The molecule has 2 aliphatic rings. The summed E-state index contributed by atoms with van der Waals surface area (Å²) in [6.07, 6.45) is -0.0875. The zero-order valence-electron chi connectivity index (χ0n) is 24.3. The maximum Gasteiger partial charge on any atom is 0.323 e. The number of aliphatic hydroxyl groups excluding tert-OH is 3. The monoisotopic (exact) mass is 603 g/mol. The van der Waals surface area contributed by atoms with Gasteiger partial charge in [-0.1, -0.05) is 60.7 Å². The summed E-state index contributed by atoms with van der Waals surface area (Å²) in [7, 11) is 0. The number of amides is 1. The lowest BCUT2D eigenvalue weighted by atomic mass is 9.91. The molecular formula is C31H37N7O6. The third-order valence-electron chi connectivity index (χ3n) is 8.12. The van der Waals surface area contributed by atoms with Crippen LogP contribution in [0.15, 0.2) is 73.2 Å². The van der Waals surface area contributed by atoms with Gasteiger partial charge in [-0.3, -0.25) is 10.1 Å². The molecule has 1 saturated heterocycles. The Kier molecular flexibility index (Phi) is 8.73. The number of nitrogens with zero attached hydrogens (tertiary/aromatic N) is 4. The molecule has 6 N–H and O–H groups in total. The number of aliphatic hydroxyl groups is 3. The second-order valence-corrected chi connectivity index (χ2v) is 11.2. The van der Waals surface area contributed by atoms with Crippen molar-refractivity contribution in [3.05, 3.63) is 84.3 Å². The molecule has 6 rings (SSSR count). The van der Waals surface area contributed by atoms with Crippen molar-refractivity contribution in [3.8, 4) is 0 Å². The first-order chi connectivity index (χ1) is 21.4. The van der Waals surface area contributed by atoms with Crippen LogP contribution in [0.3, 0.4) is 0 Å². The number of anilines is 1. The van der Waals surface area contributed by atoms with Crippen LogP contribution in [-0.4, -0.2) is 90.4 Å². The van der Waals surface area contributed by atoms with E-state index in [-0.39, 0.29) is 30.3 Å². The van der Waals surface area contributed by atoms with Crippen molar-refractivity contribution in [2.24, 2.45) is 0 Å². The molecular weight excluding hydrogens is 566 g/mol. The minimum atomic E-state index is -2.07. The Hall–Kier alpha value is -4.14. The summed E-state index contributed by atoms with van der Waals surface area (Å²) >= 11 is 0. The Labute approximate surface area is 254 Å². The fraction of sp³-hybridized carbons (Fsp3) is 0.419. The maximum atomic E-state index is 12.9. The number of hydrogen-bond acceptors (Lipinski definition) is 11.